The molecule has 22 heavy (non-hydrogen) atoms. The summed E-state index contributed by atoms with van der Waals surface area (Å²) < 4.78 is 21.2. The molecule has 2 aromatic rings. The van der Waals surface area contributed by atoms with Gasteiger partial charge in [-0.15, -0.1) is 0 Å². The Bertz CT molecular complexity index is 643. The smallest absolute Gasteiger partial charge is 0.161 e. The van der Waals surface area contributed by atoms with Crippen molar-refractivity contribution in [3.05, 3.63) is 47.5 Å². The van der Waals surface area contributed by atoms with Crippen LogP contribution in [0.15, 0.2) is 36.4 Å². The maximum atomic E-state index is 6.38. The standard InChI is InChI=1S/C17H21NO4/c1-19-12-6-7-13(15(10-12)21-3)17(18)11-5-8-14(20-2)16(9-11)22-4/h5-10,17H,18H2,1-4H3. The van der Waals surface area contributed by atoms with E-state index in [0.717, 1.165) is 16.9 Å². The summed E-state index contributed by atoms with van der Waals surface area (Å²) in [6, 6.07) is 10.8. The minimum Gasteiger partial charge on any atom is -0.497 e. The fraction of sp³-hybridized carbons (Fsp3) is 0.294. The Kier molecular flexibility index (Phi) is 5.12. The van der Waals surface area contributed by atoms with Gasteiger partial charge in [-0.1, -0.05) is 6.07 Å². The molecule has 5 heteroatoms. The Hall–Kier alpha value is -2.40. The van der Waals surface area contributed by atoms with Gasteiger partial charge in [0, 0.05) is 11.6 Å². The van der Waals surface area contributed by atoms with Gasteiger partial charge < -0.3 is 24.7 Å². The average molecular weight is 303 g/mol. The van der Waals surface area contributed by atoms with Gasteiger partial charge in [-0.2, -0.15) is 0 Å². The number of benzene rings is 2. The zero-order valence-corrected chi connectivity index (χ0v) is 13.3. The molecular formula is C17H21NO4. The van der Waals surface area contributed by atoms with Crippen LogP contribution in [0.1, 0.15) is 17.2 Å². The summed E-state index contributed by atoms with van der Waals surface area (Å²) in [6.07, 6.45) is 0. The van der Waals surface area contributed by atoms with Crippen LogP contribution < -0.4 is 24.7 Å². The molecular weight excluding hydrogens is 282 g/mol. The number of hydrogen-bond donors (Lipinski definition) is 1. The first-order valence-corrected chi connectivity index (χ1v) is 6.84. The molecule has 0 heterocycles. The Morgan fingerprint density at radius 3 is 2.00 bits per heavy atom. The lowest BCUT2D eigenvalue weighted by Gasteiger charge is -2.18. The molecule has 1 unspecified atom stereocenters. The number of hydrogen-bond acceptors (Lipinski definition) is 5. The first-order chi connectivity index (χ1) is 10.6. The van der Waals surface area contributed by atoms with E-state index in [1.807, 2.05) is 36.4 Å². The molecule has 0 amide bonds. The summed E-state index contributed by atoms with van der Waals surface area (Å²) in [6.45, 7) is 0. The Morgan fingerprint density at radius 2 is 1.41 bits per heavy atom. The lowest BCUT2D eigenvalue weighted by Crippen LogP contribution is -2.13. The van der Waals surface area contributed by atoms with Gasteiger partial charge in [0.05, 0.1) is 34.5 Å². The highest BCUT2D eigenvalue weighted by Crippen LogP contribution is 2.35. The van der Waals surface area contributed by atoms with E-state index in [2.05, 4.69) is 0 Å². The third-order valence-electron chi connectivity index (χ3n) is 3.54. The molecule has 2 rings (SSSR count). The van der Waals surface area contributed by atoms with Crippen LogP contribution >= 0.6 is 0 Å². The molecule has 0 aliphatic heterocycles. The minimum atomic E-state index is -0.347. The van der Waals surface area contributed by atoms with Crippen molar-refractivity contribution in [2.75, 3.05) is 28.4 Å². The number of methoxy groups -OCH3 is 4. The van der Waals surface area contributed by atoms with Crippen molar-refractivity contribution in [2.45, 2.75) is 6.04 Å². The normalized spacial score (nSPS) is 11.7. The molecule has 0 saturated carbocycles. The summed E-state index contributed by atoms with van der Waals surface area (Å²) in [5, 5.41) is 0. The van der Waals surface area contributed by atoms with Gasteiger partial charge in [-0.25, -0.2) is 0 Å². The van der Waals surface area contributed by atoms with Gasteiger partial charge in [0.1, 0.15) is 11.5 Å². The van der Waals surface area contributed by atoms with E-state index in [1.165, 1.54) is 0 Å². The molecule has 0 fully saturated rings. The maximum absolute atomic E-state index is 6.38. The van der Waals surface area contributed by atoms with E-state index >= 15 is 0 Å². The predicted molar refractivity (Wildman–Crippen MR) is 85.1 cm³/mol. The van der Waals surface area contributed by atoms with Gasteiger partial charge in [0.25, 0.3) is 0 Å². The van der Waals surface area contributed by atoms with Crippen molar-refractivity contribution in [3.63, 3.8) is 0 Å². The highest BCUT2D eigenvalue weighted by atomic mass is 16.5. The topological polar surface area (TPSA) is 62.9 Å². The lowest BCUT2D eigenvalue weighted by atomic mass is 9.98. The second-order valence-corrected chi connectivity index (χ2v) is 4.70. The molecule has 118 valence electrons. The number of nitrogens with two attached hydrogens (primary N) is 1. The zero-order valence-electron chi connectivity index (χ0n) is 13.3. The summed E-state index contributed by atoms with van der Waals surface area (Å²) in [5.41, 5.74) is 8.16. The SMILES string of the molecule is COc1ccc(C(N)c2ccc(OC)c(OC)c2)c(OC)c1. The molecule has 2 aromatic carbocycles. The number of rotatable bonds is 6. The first kappa shape index (κ1) is 16.0. The van der Waals surface area contributed by atoms with Gasteiger partial charge in [-0.3, -0.25) is 0 Å². The highest BCUT2D eigenvalue weighted by molar-refractivity contribution is 5.49. The van der Waals surface area contributed by atoms with Crippen LogP contribution in [0.5, 0.6) is 23.0 Å². The van der Waals surface area contributed by atoms with Crippen molar-refractivity contribution in [1.82, 2.24) is 0 Å². The molecule has 0 saturated heterocycles. The maximum Gasteiger partial charge on any atom is 0.161 e. The van der Waals surface area contributed by atoms with Crippen LogP contribution in [-0.2, 0) is 0 Å². The van der Waals surface area contributed by atoms with E-state index in [1.54, 1.807) is 28.4 Å². The van der Waals surface area contributed by atoms with Crippen LogP contribution in [0.3, 0.4) is 0 Å². The van der Waals surface area contributed by atoms with Gasteiger partial charge >= 0.3 is 0 Å². The van der Waals surface area contributed by atoms with E-state index < -0.39 is 0 Å². The number of ether oxygens (including phenoxy) is 4. The third-order valence-corrected chi connectivity index (χ3v) is 3.54. The quantitative estimate of drug-likeness (QED) is 0.889. The predicted octanol–water partition coefficient (Wildman–Crippen LogP) is 2.77. The Labute approximate surface area is 130 Å². The fourth-order valence-corrected chi connectivity index (χ4v) is 2.30. The van der Waals surface area contributed by atoms with Crippen molar-refractivity contribution in [2.24, 2.45) is 5.73 Å². The second kappa shape index (κ2) is 7.04. The van der Waals surface area contributed by atoms with Crippen LogP contribution in [0.25, 0.3) is 0 Å². The molecule has 0 aliphatic carbocycles. The van der Waals surface area contributed by atoms with Crippen molar-refractivity contribution >= 4 is 0 Å². The van der Waals surface area contributed by atoms with E-state index in [0.29, 0.717) is 17.2 Å². The van der Waals surface area contributed by atoms with Crippen molar-refractivity contribution < 1.29 is 18.9 Å². The second-order valence-electron chi connectivity index (χ2n) is 4.70. The van der Waals surface area contributed by atoms with Crippen LogP contribution in [0, 0.1) is 0 Å². The Morgan fingerprint density at radius 1 is 0.727 bits per heavy atom. The fourth-order valence-electron chi connectivity index (χ4n) is 2.30. The van der Waals surface area contributed by atoms with Gasteiger partial charge in [0.2, 0.25) is 0 Å². The van der Waals surface area contributed by atoms with E-state index in [9.17, 15) is 0 Å². The summed E-state index contributed by atoms with van der Waals surface area (Å²) in [5.74, 6) is 2.71. The zero-order chi connectivity index (χ0) is 16.1. The van der Waals surface area contributed by atoms with Gasteiger partial charge in [0.15, 0.2) is 11.5 Å². The molecule has 1 atom stereocenters. The van der Waals surface area contributed by atoms with Crippen molar-refractivity contribution in [1.29, 1.82) is 0 Å². The molecule has 0 radical (unpaired) electrons. The molecule has 0 spiro atoms. The lowest BCUT2D eigenvalue weighted by molar-refractivity contribution is 0.354. The molecule has 0 aromatic heterocycles. The van der Waals surface area contributed by atoms with Crippen LogP contribution in [0.4, 0.5) is 0 Å². The summed E-state index contributed by atoms with van der Waals surface area (Å²) in [7, 11) is 6.42. The molecule has 0 bridgehead atoms. The van der Waals surface area contributed by atoms with Crippen molar-refractivity contribution in [3.8, 4) is 23.0 Å². The first-order valence-electron chi connectivity index (χ1n) is 6.84. The van der Waals surface area contributed by atoms with Crippen LogP contribution in [-0.4, -0.2) is 28.4 Å². The van der Waals surface area contributed by atoms with Crippen LogP contribution in [0.2, 0.25) is 0 Å². The summed E-state index contributed by atoms with van der Waals surface area (Å²) in [4.78, 5) is 0. The molecule has 5 nitrogen and oxygen atoms in total. The van der Waals surface area contributed by atoms with E-state index in [-0.39, 0.29) is 6.04 Å². The monoisotopic (exact) mass is 303 g/mol. The van der Waals surface area contributed by atoms with Gasteiger partial charge in [-0.05, 0) is 29.8 Å². The third kappa shape index (κ3) is 3.09. The molecule has 0 aliphatic rings. The largest absolute Gasteiger partial charge is 0.497 e. The average Bonchev–Trinajstić information content (AvgIpc) is 2.59. The highest BCUT2D eigenvalue weighted by Gasteiger charge is 2.17. The minimum absolute atomic E-state index is 0.347. The molecule has 2 N–H and O–H groups in total. The summed E-state index contributed by atoms with van der Waals surface area (Å²) >= 11 is 0. The van der Waals surface area contributed by atoms with E-state index in [4.69, 9.17) is 24.7 Å². The Balaban J connectivity index is 2.41.